The van der Waals surface area contributed by atoms with Crippen molar-refractivity contribution >= 4 is 16.9 Å². The zero-order valence-electron chi connectivity index (χ0n) is 17.7. The number of urea groups is 1. The summed E-state index contributed by atoms with van der Waals surface area (Å²) in [5, 5.41) is 4.23. The van der Waals surface area contributed by atoms with Gasteiger partial charge in [-0.05, 0) is 54.5 Å². The molecule has 1 atom stereocenters. The first-order valence-electron chi connectivity index (χ1n) is 10.5. The van der Waals surface area contributed by atoms with Crippen molar-refractivity contribution in [2.75, 3.05) is 20.3 Å². The molecular weight excluding hydrogens is 390 g/mol. The predicted octanol–water partition coefficient (Wildman–Crippen LogP) is 4.63. The Kier molecular flexibility index (Phi) is 6.32. The fourth-order valence-electron chi connectivity index (χ4n) is 4.12. The normalized spacial score (nSPS) is 16.0. The van der Waals surface area contributed by atoms with E-state index in [4.69, 9.17) is 15.9 Å². The Hall–Kier alpha value is -3.59. The maximum absolute atomic E-state index is 13.1. The van der Waals surface area contributed by atoms with Crippen LogP contribution in [0.2, 0.25) is 0 Å². The van der Waals surface area contributed by atoms with Crippen LogP contribution in [0.1, 0.15) is 36.6 Å². The zero-order valence-corrected chi connectivity index (χ0v) is 17.7. The number of likely N-dealkylation sites (tertiary alicyclic amines) is 1. The minimum atomic E-state index is -0.0646. The molecule has 2 heterocycles. The van der Waals surface area contributed by atoms with Crippen LogP contribution < -0.4 is 14.8 Å². The van der Waals surface area contributed by atoms with Crippen LogP contribution in [0.4, 0.5) is 4.79 Å². The summed E-state index contributed by atoms with van der Waals surface area (Å²) < 4.78 is 10.9. The monoisotopic (exact) mass is 417 g/mol. The van der Waals surface area contributed by atoms with Gasteiger partial charge in [0.1, 0.15) is 6.61 Å². The fourth-order valence-corrected chi connectivity index (χ4v) is 4.12. The van der Waals surface area contributed by atoms with Gasteiger partial charge in [-0.1, -0.05) is 30.2 Å². The van der Waals surface area contributed by atoms with Crippen molar-refractivity contribution in [3.8, 4) is 23.8 Å². The molecule has 1 aliphatic heterocycles. The van der Waals surface area contributed by atoms with Crippen LogP contribution >= 0.6 is 0 Å². The van der Waals surface area contributed by atoms with E-state index in [9.17, 15) is 4.79 Å². The number of aromatic nitrogens is 1. The lowest BCUT2D eigenvalue weighted by molar-refractivity contribution is 0.149. The number of fused-ring (bicyclic) bond motifs is 1. The van der Waals surface area contributed by atoms with Crippen LogP contribution in [0.15, 0.2) is 48.5 Å². The molecular formula is C25H27N3O3. The van der Waals surface area contributed by atoms with Gasteiger partial charge in [-0.2, -0.15) is 0 Å². The smallest absolute Gasteiger partial charge is 0.318 e. The minimum Gasteiger partial charge on any atom is -0.493 e. The molecule has 0 saturated carbocycles. The Morgan fingerprint density at radius 3 is 2.90 bits per heavy atom. The largest absolute Gasteiger partial charge is 0.493 e. The van der Waals surface area contributed by atoms with Crippen molar-refractivity contribution in [1.29, 1.82) is 0 Å². The molecule has 6 nitrogen and oxygen atoms in total. The molecule has 31 heavy (non-hydrogen) atoms. The first kappa shape index (κ1) is 20.7. The highest BCUT2D eigenvalue weighted by atomic mass is 16.5. The lowest BCUT2D eigenvalue weighted by Crippen LogP contribution is -2.44. The number of nitrogens with one attached hydrogen (secondary N) is 2. The number of amides is 2. The van der Waals surface area contributed by atoms with Gasteiger partial charge in [-0.25, -0.2) is 4.79 Å². The number of H-pyrrole nitrogens is 1. The van der Waals surface area contributed by atoms with Gasteiger partial charge < -0.3 is 24.7 Å². The zero-order chi connectivity index (χ0) is 21.6. The van der Waals surface area contributed by atoms with E-state index >= 15 is 0 Å². The topological polar surface area (TPSA) is 66.6 Å². The van der Waals surface area contributed by atoms with E-state index in [1.165, 1.54) is 5.39 Å². The summed E-state index contributed by atoms with van der Waals surface area (Å²) >= 11 is 0. The maximum atomic E-state index is 13.1. The first-order valence-corrected chi connectivity index (χ1v) is 10.5. The van der Waals surface area contributed by atoms with E-state index in [2.05, 4.69) is 34.4 Å². The Balaban J connectivity index is 1.46. The molecule has 6 heteroatoms. The third-order valence-corrected chi connectivity index (χ3v) is 5.66. The van der Waals surface area contributed by atoms with Crippen molar-refractivity contribution in [2.24, 2.45) is 0 Å². The van der Waals surface area contributed by atoms with Gasteiger partial charge in [0.05, 0.1) is 13.2 Å². The molecule has 1 aromatic heterocycles. The number of carbonyl (C=O) groups excluding carboxylic acids is 1. The number of benzene rings is 2. The number of para-hydroxylation sites is 1. The van der Waals surface area contributed by atoms with Gasteiger partial charge >= 0.3 is 6.03 Å². The van der Waals surface area contributed by atoms with Crippen molar-refractivity contribution in [3.05, 3.63) is 59.8 Å². The molecule has 3 aromatic rings. The average molecular weight is 418 g/mol. The Labute approximate surface area is 182 Å². The van der Waals surface area contributed by atoms with Gasteiger partial charge in [0.15, 0.2) is 11.5 Å². The Morgan fingerprint density at radius 1 is 1.23 bits per heavy atom. The van der Waals surface area contributed by atoms with Gasteiger partial charge in [-0.3, -0.25) is 0 Å². The summed E-state index contributed by atoms with van der Waals surface area (Å²) in [4.78, 5) is 18.5. The van der Waals surface area contributed by atoms with E-state index in [1.807, 2.05) is 35.2 Å². The van der Waals surface area contributed by atoms with Crippen molar-refractivity contribution < 1.29 is 14.3 Å². The molecule has 0 aliphatic carbocycles. The Bertz CT molecular complexity index is 1070. The third-order valence-electron chi connectivity index (χ3n) is 5.66. The second-order valence-electron chi connectivity index (χ2n) is 7.65. The first-order chi connectivity index (χ1) is 15.2. The molecule has 2 aromatic carbocycles. The van der Waals surface area contributed by atoms with Crippen LogP contribution in [0.5, 0.6) is 11.5 Å². The summed E-state index contributed by atoms with van der Waals surface area (Å²) in [6, 6.07) is 15.9. The minimum absolute atomic E-state index is 0.0477. The number of rotatable bonds is 6. The molecule has 160 valence electrons. The van der Waals surface area contributed by atoms with Crippen molar-refractivity contribution in [3.63, 3.8) is 0 Å². The SMILES string of the molecule is C#CCOc1cc(CNC(=O)N2CCCCC2c2cc3ccccc3[nH]2)ccc1OC. The fraction of sp³-hybridized carbons (Fsp3) is 0.320. The average Bonchev–Trinajstić information content (AvgIpc) is 3.25. The van der Waals surface area contributed by atoms with Gasteiger partial charge in [0.2, 0.25) is 0 Å². The second kappa shape index (κ2) is 9.48. The van der Waals surface area contributed by atoms with E-state index in [1.54, 1.807) is 7.11 Å². The summed E-state index contributed by atoms with van der Waals surface area (Å²) in [6.07, 6.45) is 8.36. The van der Waals surface area contributed by atoms with Crippen LogP contribution in [-0.2, 0) is 6.54 Å². The highest BCUT2D eigenvalue weighted by molar-refractivity contribution is 5.81. The van der Waals surface area contributed by atoms with Crippen LogP contribution in [0, 0.1) is 12.3 Å². The number of hydrogen-bond acceptors (Lipinski definition) is 3. The standard InChI is InChI=1S/C25H27N3O3/c1-3-14-31-24-15-18(11-12-23(24)30-2)17-26-25(29)28-13-7-6-10-22(28)21-16-19-8-4-5-9-20(19)27-21/h1,4-5,8-9,11-12,15-16,22,27H,6-7,10,13-14,17H2,2H3,(H,26,29). The number of carbonyl (C=O) groups is 1. The molecule has 4 rings (SSSR count). The summed E-state index contributed by atoms with van der Waals surface area (Å²) in [5.74, 6) is 3.63. The van der Waals surface area contributed by atoms with Crippen molar-refractivity contribution in [1.82, 2.24) is 15.2 Å². The number of hydrogen-bond donors (Lipinski definition) is 2. The number of methoxy groups -OCH3 is 1. The van der Waals surface area contributed by atoms with Crippen LogP contribution in [-0.4, -0.2) is 36.2 Å². The molecule has 1 unspecified atom stereocenters. The Morgan fingerprint density at radius 2 is 2.10 bits per heavy atom. The maximum Gasteiger partial charge on any atom is 0.318 e. The molecule has 0 radical (unpaired) electrons. The van der Waals surface area contributed by atoms with Gasteiger partial charge in [-0.15, -0.1) is 6.42 Å². The van der Waals surface area contributed by atoms with Gasteiger partial charge in [0, 0.05) is 24.3 Å². The highest BCUT2D eigenvalue weighted by Gasteiger charge is 2.29. The molecule has 2 amide bonds. The molecule has 0 bridgehead atoms. The number of terminal acetylenes is 1. The van der Waals surface area contributed by atoms with Crippen molar-refractivity contribution in [2.45, 2.75) is 31.8 Å². The lowest BCUT2D eigenvalue weighted by Gasteiger charge is -2.35. The van der Waals surface area contributed by atoms with E-state index in [-0.39, 0.29) is 18.7 Å². The lowest BCUT2D eigenvalue weighted by atomic mass is 9.99. The predicted molar refractivity (Wildman–Crippen MR) is 121 cm³/mol. The van der Waals surface area contributed by atoms with Crippen LogP contribution in [0.3, 0.4) is 0 Å². The molecule has 2 N–H and O–H groups in total. The summed E-state index contributed by atoms with van der Waals surface area (Å²) in [7, 11) is 1.58. The third kappa shape index (κ3) is 4.61. The summed E-state index contributed by atoms with van der Waals surface area (Å²) in [5.41, 5.74) is 3.10. The molecule has 0 spiro atoms. The number of piperidine rings is 1. The van der Waals surface area contributed by atoms with Crippen LogP contribution in [0.25, 0.3) is 10.9 Å². The van der Waals surface area contributed by atoms with E-state index in [0.29, 0.717) is 18.0 Å². The molecule has 1 fully saturated rings. The van der Waals surface area contributed by atoms with E-state index < -0.39 is 0 Å². The summed E-state index contributed by atoms with van der Waals surface area (Å²) in [6.45, 7) is 1.29. The second-order valence-corrected chi connectivity index (χ2v) is 7.65. The number of nitrogens with zero attached hydrogens (tertiary/aromatic N) is 1. The number of aromatic amines is 1. The van der Waals surface area contributed by atoms with E-state index in [0.717, 1.165) is 42.6 Å². The quantitative estimate of drug-likeness (QED) is 0.575. The van der Waals surface area contributed by atoms with Gasteiger partial charge in [0.25, 0.3) is 0 Å². The number of ether oxygens (including phenoxy) is 2. The molecule has 1 aliphatic rings. The molecule has 1 saturated heterocycles. The highest BCUT2D eigenvalue weighted by Crippen LogP contribution is 2.32.